The summed E-state index contributed by atoms with van der Waals surface area (Å²) in [6, 6.07) is 0. The van der Waals surface area contributed by atoms with Crippen molar-refractivity contribution in [3.63, 3.8) is 0 Å². The van der Waals surface area contributed by atoms with E-state index in [4.69, 9.17) is 5.73 Å². The van der Waals surface area contributed by atoms with Gasteiger partial charge in [0.1, 0.15) is 0 Å². The number of piperazine rings is 1. The van der Waals surface area contributed by atoms with Crippen LogP contribution in [0.3, 0.4) is 0 Å². The van der Waals surface area contributed by atoms with Crippen LogP contribution in [-0.4, -0.2) is 66.3 Å². The summed E-state index contributed by atoms with van der Waals surface area (Å²) in [5, 5.41) is 9.81. The molecule has 0 aliphatic carbocycles. The molecule has 3 N–H and O–H groups in total. The van der Waals surface area contributed by atoms with E-state index in [1.807, 2.05) is 13.8 Å². The molecule has 0 aromatic carbocycles. The minimum Gasteiger partial charge on any atom is -0.389 e. The molecule has 1 aliphatic heterocycles. The minimum atomic E-state index is -0.580. The van der Waals surface area contributed by atoms with Crippen LogP contribution in [0.15, 0.2) is 0 Å². The molecule has 0 saturated carbocycles. The fraction of sp³-hybridized carbons (Fsp3) is 1.00. The number of nitrogens with zero attached hydrogens (tertiary/aromatic N) is 2. The first-order valence-electron chi connectivity index (χ1n) is 7.09. The average Bonchev–Trinajstić information content (AvgIpc) is 2.26. The van der Waals surface area contributed by atoms with Crippen LogP contribution < -0.4 is 5.73 Å². The SMILES string of the molecule is CC(C)(O)CN1CCN(CCC(C)(C)CN)CC1. The number of hydrogen-bond acceptors (Lipinski definition) is 4. The van der Waals surface area contributed by atoms with Crippen molar-refractivity contribution in [3.8, 4) is 0 Å². The molecule has 0 spiro atoms. The minimum absolute atomic E-state index is 0.254. The third-order valence-corrected chi connectivity index (χ3v) is 3.73. The van der Waals surface area contributed by atoms with Gasteiger partial charge in [-0.3, -0.25) is 4.90 Å². The lowest BCUT2D eigenvalue weighted by molar-refractivity contribution is 0.0165. The van der Waals surface area contributed by atoms with E-state index in [9.17, 15) is 5.11 Å². The van der Waals surface area contributed by atoms with Gasteiger partial charge in [0.15, 0.2) is 0 Å². The topological polar surface area (TPSA) is 52.7 Å². The predicted molar refractivity (Wildman–Crippen MR) is 76.6 cm³/mol. The average molecular weight is 257 g/mol. The summed E-state index contributed by atoms with van der Waals surface area (Å²) in [7, 11) is 0. The zero-order valence-electron chi connectivity index (χ0n) is 12.6. The number of hydrogen-bond donors (Lipinski definition) is 2. The molecule has 4 nitrogen and oxygen atoms in total. The molecule has 0 bridgehead atoms. The highest BCUT2D eigenvalue weighted by Gasteiger charge is 2.24. The molecule has 1 heterocycles. The van der Waals surface area contributed by atoms with Crippen molar-refractivity contribution in [1.82, 2.24) is 9.80 Å². The van der Waals surface area contributed by atoms with Gasteiger partial charge in [-0.25, -0.2) is 0 Å². The highest BCUT2D eigenvalue weighted by molar-refractivity contribution is 4.79. The van der Waals surface area contributed by atoms with Gasteiger partial charge in [-0.2, -0.15) is 0 Å². The lowest BCUT2D eigenvalue weighted by atomic mass is 9.89. The first-order chi connectivity index (χ1) is 8.22. The highest BCUT2D eigenvalue weighted by atomic mass is 16.3. The molecule has 1 aliphatic rings. The molecule has 0 radical (unpaired) electrons. The van der Waals surface area contributed by atoms with Crippen molar-refractivity contribution < 1.29 is 5.11 Å². The van der Waals surface area contributed by atoms with Crippen LogP contribution in [0, 0.1) is 5.41 Å². The molecule has 0 aromatic rings. The predicted octanol–water partition coefficient (Wildman–Crippen LogP) is 0.750. The van der Waals surface area contributed by atoms with Crippen LogP contribution in [-0.2, 0) is 0 Å². The standard InChI is InChI=1S/C14H31N3O/c1-13(2,11-15)5-6-16-7-9-17(10-8-16)12-14(3,4)18/h18H,5-12,15H2,1-4H3. The lowest BCUT2D eigenvalue weighted by Crippen LogP contribution is -2.51. The van der Waals surface area contributed by atoms with Gasteiger partial charge in [0, 0.05) is 32.7 Å². The van der Waals surface area contributed by atoms with Crippen LogP contribution in [0.2, 0.25) is 0 Å². The number of rotatable bonds is 6. The summed E-state index contributed by atoms with van der Waals surface area (Å²) in [4.78, 5) is 4.86. The van der Waals surface area contributed by atoms with Gasteiger partial charge in [-0.15, -0.1) is 0 Å². The van der Waals surface area contributed by atoms with Crippen molar-refractivity contribution in [3.05, 3.63) is 0 Å². The molecule has 4 heteroatoms. The van der Waals surface area contributed by atoms with E-state index in [0.29, 0.717) is 0 Å². The van der Waals surface area contributed by atoms with E-state index in [0.717, 1.165) is 52.2 Å². The van der Waals surface area contributed by atoms with E-state index in [1.54, 1.807) is 0 Å². The van der Waals surface area contributed by atoms with E-state index in [1.165, 1.54) is 0 Å². The number of β-amino-alcohol motifs (C(OH)–C–C–N with tert-alkyl or cyclic N) is 1. The summed E-state index contributed by atoms with van der Waals surface area (Å²) >= 11 is 0. The van der Waals surface area contributed by atoms with Crippen LogP contribution in [0.25, 0.3) is 0 Å². The fourth-order valence-electron chi connectivity index (χ4n) is 2.28. The summed E-state index contributed by atoms with van der Waals surface area (Å²) in [5.74, 6) is 0. The summed E-state index contributed by atoms with van der Waals surface area (Å²) in [6.45, 7) is 15.2. The Morgan fingerprint density at radius 1 is 1.00 bits per heavy atom. The Kier molecular flexibility index (Phi) is 5.59. The second-order valence-corrected chi connectivity index (χ2v) is 7.05. The van der Waals surface area contributed by atoms with Gasteiger partial charge in [0.2, 0.25) is 0 Å². The normalized spacial score (nSPS) is 20.3. The van der Waals surface area contributed by atoms with E-state index < -0.39 is 5.60 Å². The van der Waals surface area contributed by atoms with Crippen LogP contribution in [0.5, 0.6) is 0 Å². The Bertz CT molecular complexity index is 240. The van der Waals surface area contributed by atoms with E-state index in [-0.39, 0.29) is 5.41 Å². The van der Waals surface area contributed by atoms with Crippen molar-refractivity contribution in [2.24, 2.45) is 11.1 Å². The first kappa shape index (κ1) is 15.9. The van der Waals surface area contributed by atoms with Crippen molar-refractivity contribution in [1.29, 1.82) is 0 Å². The van der Waals surface area contributed by atoms with Gasteiger partial charge in [0.05, 0.1) is 5.60 Å². The molecule has 1 fully saturated rings. The third-order valence-electron chi connectivity index (χ3n) is 3.73. The summed E-state index contributed by atoms with van der Waals surface area (Å²) in [5.41, 5.74) is 5.43. The third kappa shape index (κ3) is 6.14. The van der Waals surface area contributed by atoms with Gasteiger partial charge in [-0.05, 0) is 38.8 Å². The molecule has 1 rings (SSSR count). The molecule has 0 unspecified atom stereocenters. The van der Waals surface area contributed by atoms with Crippen LogP contribution in [0.4, 0.5) is 0 Å². The van der Waals surface area contributed by atoms with Crippen molar-refractivity contribution in [2.75, 3.05) is 45.8 Å². The first-order valence-corrected chi connectivity index (χ1v) is 7.09. The van der Waals surface area contributed by atoms with Crippen molar-refractivity contribution in [2.45, 2.75) is 39.7 Å². The quantitative estimate of drug-likeness (QED) is 0.737. The maximum atomic E-state index is 9.81. The molecular formula is C14H31N3O. The Morgan fingerprint density at radius 3 is 1.94 bits per heavy atom. The van der Waals surface area contributed by atoms with Crippen LogP contribution >= 0.6 is 0 Å². The largest absolute Gasteiger partial charge is 0.389 e. The van der Waals surface area contributed by atoms with E-state index in [2.05, 4.69) is 23.6 Å². The lowest BCUT2D eigenvalue weighted by Gasteiger charge is -2.38. The van der Waals surface area contributed by atoms with Gasteiger partial charge in [0.25, 0.3) is 0 Å². The van der Waals surface area contributed by atoms with Gasteiger partial charge in [-0.1, -0.05) is 13.8 Å². The Hall–Kier alpha value is -0.160. The Morgan fingerprint density at radius 2 is 1.50 bits per heavy atom. The molecule has 0 atom stereocenters. The zero-order chi connectivity index (χ0) is 13.8. The molecule has 108 valence electrons. The monoisotopic (exact) mass is 257 g/mol. The second-order valence-electron chi connectivity index (χ2n) is 7.05. The maximum Gasteiger partial charge on any atom is 0.0718 e. The Labute approximate surface area is 112 Å². The van der Waals surface area contributed by atoms with Gasteiger partial charge < -0.3 is 15.7 Å². The van der Waals surface area contributed by atoms with Gasteiger partial charge >= 0.3 is 0 Å². The molecule has 18 heavy (non-hydrogen) atoms. The zero-order valence-corrected chi connectivity index (χ0v) is 12.6. The van der Waals surface area contributed by atoms with Crippen LogP contribution in [0.1, 0.15) is 34.1 Å². The molecule has 0 amide bonds. The molecule has 1 saturated heterocycles. The Balaban J connectivity index is 2.23. The fourth-order valence-corrected chi connectivity index (χ4v) is 2.28. The maximum absolute atomic E-state index is 9.81. The number of nitrogens with two attached hydrogens (primary N) is 1. The second kappa shape index (κ2) is 6.33. The summed E-state index contributed by atoms with van der Waals surface area (Å²) < 4.78 is 0. The smallest absolute Gasteiger partial charge is 0.0718 e. The van der Waals surface area contributed by atoms with Crippen molar-refractivity contribution >= 4 is 0 Å². The highest BCUT2D eigenvalue weighted by Crippen LogP contribution is 2.19. The van der Waals surface area contributed by atoms with E-state index >= 15 is 0 Å². The summed E-state index contributed by atoms with van der Waals surface area (Å²) in [6.07, 6.45) is 1.16. The molecular weight excluding hydrogens is 226 g/mol. The number of aliphatic hydroxyl groups is 1. The molecule has 0 aromatic heterocycles.